The first-order valence-corrected chi connectivity index (χ1v) is 8.23. The number of carbonyl (C=O) groups excluding carboxylic acids is 1. The van der Waals surface area contributed by atoms with Gasteiger partial charge in [-0.15, -0.1) is 0 Å². The predicted molar refractivity (Wildman–Crippen MR) is 81.1 cm³/mol. The summed E-state index contributed by atoms with van der Waals surface area (Å²) in [5, 5.41) is 6.43. The Balaban J connectivity index is 1.55. The van der Waals surface area contributed by atoms with Crippen molar-refractivity contribution in [2.24, 2.45) is 0 Å². The van der Waals surface area contributed by atoms with Crippen LogP contribution in [0.2, 0.25) is 0 Å². The fourth-order valence-electron chi connectivity index (χ4n) is 2.85. The zero-order chi connectivity index (χ0) is 18.3. The van der Waals surface area contributed by atoms with Crippen molar-refractivity contribution in [3.8, 4) is 0 Å². The number of hydrogen-bond donors (Lipinski definition) is 1. The maximum Gasteiger partial charge on any atom is 0.433 e. The lowest BCUT2D eigenvalue weighted by molar-refractivity contribution is -0.141. The van der Waals surface area contributed by atoms with Crippen molar-refractivity contribution in [3.63, 3.8) is 0 Å². The van der Waals surface area contributed by atoms with Gasteiger partial charge in [0.1, 0.15) is 11.7 Å². The highest BCUT2D eigenvalue weighted by atomic mass is 19.4. The van der Waals surface area contributed by atoms with Crippen LogP contribution in [0.1, 0.15) is 53.9 Å². The van der Waals surface area contributed by atoms with E-state index in [9.17, 15) is 18.0 Å². The number of aromatic nitrogens is 4. The number of amides is 1. The largest absolute Gasteiger partial charge is 0.433 e. The summed E-state index contributed by atoms with van der Waals surface area (Å²) in [6.45, 7) is 0.456. The maximum absolute atomic E-state index is 12.9. The molecule has 4 rings (SSSR count). The van der Waals surface area contributed by atoms with Crippen LogP contribution in [0.3, 0.4) is 0 Å². The van der Waals surface area contributed by atoms with Crippen LogP contribution in [0.15, 0.2) is 16.8 Å². The van der Waals surface area contributed by atoms with Gasteiger partial charge in [0.25, 0.3) is 11.7 Å². The number of halogens is 3. The monoisotopic (exact) mass is 368 g/mol. The van der Waals surface area contributed by atoms with Crippen LogP contribution >= 0.6 is 0 Å². The molecule has 1 amide bonds. The Morgan fingerprint density at radius 2 is 2.08 bits per heavy atom. The van der Waals surface area contributed by atoms with Crippen LogP contribution in [0, 0.1) is 0 Å². The lowest BCUT2D eigenvalue weighted by Crippen LogP contribution is -2.27. The highest BCUT2D eigenvalue weighted by Gasteiger charge is 2.37. The number of rotatable bonds is 4. The molecule has 138 valence electrons. The standard InChI is InChI=1S/C15H15F3N6O2/c16-15(17,18)10-5-6-19-14(21-10)24-7-1-2-9(24)13-22-11(23-26-13)12(25)20-8-3-4-8/h5-6,8-9H,1-4,7H2,(H,20,25). The summed E-state index contributed by atoms with van der Waals surface area (Å²) < 4.78 is 43.8. The molecule has 3 heterocycles. The fourth-order valence-corrected chi connectivity index (χ4v) is 2.85. The van der Waals surface area contributed by atoms with Crippen LogP contribution in [0.4, 0.5) is 19.1 Å². The summed E-state index contributed by atoms with van der Waals surface area (Å²) in [6.07, 6.45) is -0.324. The molecular formula is C15H15F3N6O2. The third kappa shape index (κ3) is 3.33. The van der Waals surface area contributed by atoms with Crippen molar-refractivity contribution in [1.82, 2.24) is 25.4 Å². The minimum Gasteiger partial charge on any atom is -0.346 e. The van der Waals surface area contributed by atoms with E-state index in [1.807, 2.05) is 0 Å². The van der Waals surface area contributed by atoms with Crippen molar-refractivity contribution in [2.75, 3.05) is 11.4 Å². The van der Waals surface area contributed by atoms with Crippen LogP contribution in [-0.4, -0.2) is 38.6 Å². The Morgan fingerprint density at radius 3 is 2.81 bits per heavy atom. The molecule has 26 heavy (non-hydrogen) atoms. The van der Waals surface area contributed by atoms with Crippen molar-refractivity contribution >= 4 is 11.9 Å². The zero-order valence-corrected chi connectivity index (χ0v) is 13.5. The number of alkyl halides is 3. The Hall–Kier alpha value is -2.72. The van der Waals surface area contributed by atoms with Crippen LogP contribution in [-0.2, 0) is 6.18 Å². The molecule has 1 saturated carbocycles. The first-order chi connectivity index (χ1) is 12.4. The van der Waals surface area contributed by atoms with Gasteiger partial charge in [-0.3, -0.25) is 4.79 Å². The van der Waals surface area contributed by atoms with E-state index in [2.05, 4.69) is 25.4 Å². The van der Waals surface area contributed by atoms with E-state index in [-0.39, 0.29) is 23.7 Å². The summed E-state index contributed by atoms with van der Waals surface area (Å²) in [5.74, 6) is -0.375. The van der Waals surface area contributed by atoms with Gasteiger partial charge in [0, 0.05) is 18.8 Å². The number of hydrogen-bond acceptors (Lipinski definition) is 7. The second-order valence-corrected chi connectivity index (χ2v) is 6.30. The zero-order valence-electron chi connectivity index (χ0n) is 13.5. The molecule has 8 nitrogen and oxygen atoms in total. The molecule has 0 radical (unpaired) electrons. The van der Waals surface area contributed by atoms with E-state index in [0.717, 1.165) is 25.1 Å². The van der Waals surface area contributed by atoms with Gasteiger partial charge < -0.3 is 14.7 Å². The van der Waals surface area contributed by atoms with E-state index < -0.39 is 23.8 Å². The predicted octanol–water partition coefficient (Wildman–Crippen LogP) is 2.11. The first-order valence-electron chi connectivity index (χ1n) is 8.23. The molecule has 1 saturated heterocycles. The SMILES string of the molecule is O=C(NC1CC1)c1noc(C2CCCN2c2nccc(C(F)(F)F)n2)n1. The number of nitrogens with zero attached hydrogens (tertiary/aromatic N) is 5. The van der Waals surface area contributed by atoms with Gasteiger partial charge in [0.15, 0.2) is 0 Å². The molecule has 2 aromatic rings. The minimum absolute atomic E-state index is 0.0514. The molecule has 11 heteroatoms. The van der Waals surface area contributed by atoms with Gasteiger partial charge in [-0.2, -0.15) is 18.2 Å². The molecular weight excluding hydrogens is 353 g/mol. The lowest BCUT2D eigenvalue weighted by atomic mass is 10.2. The molecule has 0 bridgehead atoms. The van der Waals surface area contributed by atoms with Gasteiger partial charge in [0.05, 0.1) is 0 Å². The van der Waals surface area contributed by atoms with E-state index in [0.29, 0.717) is 19.4 Å². The van der Waals surface area contributed by atoms with Crippen molar-refractivity contribution in [1.29, 1.82) is 0 Å². The molecule has 1 aliphatic heterocycles. The summed E-state index contributed by atoms with van der Waals surface area (Å²) in [4.78, 5) is 25.2. The third-order valence-electron chi connectivity index (χ3n) is 4.29. The van der Waals surface area contributed by atoms with Crippen LogP contribution in [0.5, 0.6) is 0 Å². The second kappa shape index (κ2) is 6.22. The summed E-state index contributed by atoms with van der Waals surface area (Å²) in [7, 11) is 0. The highest BCUT2D eigenvalue weighted by Crippen LogP contribution is 2.35. The molecule has 2 aromatic heterocycles. The third-order valence-corrected chi connectivity index (χ3v) is 4.29. The Kier molecular flexibility index (Phi) is 4.00. The highest BCUT2D eigenvalue weighted by molar-refractivity contribution is 5.90. The van der Waals surface area contributed by atoms with E-state index in [4.69, 9.17) is 4.52 Å². The van der Waals surface area contributed by atoms with E-state index in [1.54, 1.807) is 4.90 Å². The molecule has 0 spiro atoms. The van der Waals surface area contributed by atoms with Gasteiger partial charge in [-0.1, -0.05) is 5.16 Å². The Morgan fingerprint density at radius 1 is 1.27 bits per heavy atom. The second-order valence-electron chi connectivity index (χ2n) is 6.30. The van der Waals surface area contributed by atoms with Crippen LogP contribution in [0.25, 0.3) is 0 Å². The quantitative estimate of drug-likeness (QED) is 0.883. The lowest BCUT2D eigenvalue weighted by Gasteiger charge is -2.22. The molecule has 2 fully saturated rings. The molecule has 1 N–H and O–H groups in total. The average molecular weight is 368 g/mol. The molecule has 1 unspecified atom stereocenters. The van der Waals surface area contributed by atoms with Crippen LogP contribution < -0.4 is 10.2 Å². The van der Waals surface area contributed by atoms with Crippen molar-refractivity contribution < 1.29 is 22.5 Å². The molecule has 0 aromatic carbocycles. The molecule has 1 aliphatic carbocycles. The fraction of sp³-hybridized carbons (Fsp3) is 0.533. The molecule has 1 atom stereocenters. The Labute approximate surface area is 145 Å². The van der Waals surface area contributed by atoms with E-state index in [1.165, 1.54) is 0 Å². The summed E-state index contributed by atoms with van der Waals surface area (Å²) in [6, 6.07) is 0.515. The van der Waals surface area contributed by atoms with Crippen molar-refractivity contribution in [3.05, 3.63) is 29.7 Å². The number of carbonyl (C=O) groups is 1. The normalized spacial score (nSPS) is 20.4. The Bertz CT molecular complexity index is 820. The number of nitrogens with one attached hydrogen (secondary N) is 1. The maximum atomic E-state index is 12.9. The first kappa shape index (κ1) is 16.7. The van der Waals surface area contributed by atoms with Gasteiger partial charge in [-0.25, -0.2) is 9.97 Å². The number of anilines is 1. The van der Waals surface area contributed by atoms with Gasteiger partial charge >= 0.3 is 6.18 Å². The summed E-state index contributed by atoms with van der Waals surface area (Å²) >= 11 is 0. The minimum atomic E-state index is -4.55. The average Bonchev–Trinajstić information content (AvgIpc) is 3.11. The topological polar surface area (TPSA) is 97.0 Å². The van der Waals surface area contributed by atoms with E-state index >= 15 is 0 Å². The van der Waals surface area contributed by atoms with Gasteiger partial charge in [-0.05, 0) is 31.7 Å². The van der Waals surface area contributed by atoms with Gasteiger partial charge in [0.2, 0.25) is 11.8 Å². The summed E-state index contributed by atoms with van der Waals surface area (Å²) in [5.41, 5.74) is -1.01. The molecule has 2 aliphatic rings. The smallest absolute Gasteiger partial charge is 0.346 e. The van der Waals surface area contributed by atoms with Crippen molar-refractivity contribution in [2.45, 2.75) is 43.9 Å².